The van der Waals surface area contributed by atoms with Gasteiger partial charge in [-0.15, -0.1) is 0 Å². The van der Waals surface area contributed by atoms with Crippen molar-refractivity contribution in [1.29, 1.82) is 0 Å². The molecule has 0 saturated carbocycles. The minimum Gasteiger partial charge on any atom is -0.479 e. The van der Waals surface area contributed by atoms with Crippen molar-refractivity contribution < 1.29 is 18.8 Å². The first-order chi connectivity index (χ1) is 15.4. The first kappa shape index (κ1) is 19.7. The Kier molecular flexibility index (Phi) is 4.62. The minimum absolute atomic E-state index is 0.236. The quantitative estimate of drug-likeness (QED) is 0.498. The minimum atomic E-state index is -0.565. The largest absolute Gasteiger partial charge is 0.479 e. The molecule has 8 nitrogen and oxygen atoms in total. The van der Waals surface area contributed by atoms with E-state index in [0.717, 1.165) is 11.1 Å². The number of aromatic nitrogens is 2. The molecule has 1 aliphatic rings. The number of benzene rings is 2. The lowest BCUT2D eigenvalue weighted by molar-refractivity contribution is -0.122. The highest BCUT2D eigenvalue weighted by Crippen LogP contribution is 2.33. The van der Waals surface area contributed by atoms with Crippen molar-refractivity contribution in [2.45, 2.75) is 26.9 Å². The van der Waals surface area contributed by atoms with Crippen molar-refractivity contribution in [2.24, 2.45) is 0 Å². The van der Waals surface area contributed by atoms with Crippen LogP contribution in [0.25, 0.3) is 22.4 Å². The van der Waals surface area contributed by atoms with Gasteiger partial charge in [0.15, 0.2) is 6.10 Å². The van der Waals surface area contributed by atoms with Crippen LogP contribution in [0.5, 0.6) is 5.75 Å². The number of nitrogens with one attached hydrogen (secondary N) is 2. The highest BCUT2D eigenvalue weighted by Gasteiger charge is 2.24. The van der Waals surface area contributed by atoms with Gasteiger partial charge in [0.1, 0.15) is 5.75 Å². The van der Waals surface area contributed by atoms with Gasteiger partial charge in [0.25, 0.3) is 17.5 Å². The molecule has 1 unspecified atom stereocenters. The van der Waals surface area contributed by atoms with Crippen molar-refractivity contribution in [1.82, 2.24) is 10.1 Å². The van der Waals surface area contributed by atoms with Crippen LogP contribution in [0, 0.1) is 13.8 Å². The Balaban J connectivity index is 1.52. The van der Waals surface area contributed by atoms with Gasteiger partial charge in [0.2, 0.25) is 0 Å². The molecule has 32 heavy (non-hydrogen) atoms. The van der Waals surface area contributed by atoms with E-state index in [4.69, 9.17) is 9.26 Å². The van der Waals surface area contributed by atoms with Crippen LogP contribution in [0.1, 0.15) is 28.5 Å². The van der Waals surface area contributed by atoms with Gasteiger partial charge in [-0.25, -0.2) is 4.98 Å². The number of hydrogen-bond donors (Lipinski definition) is 2. The highest BCUT2D eigenvalue weighted by molar-refractivity contribution is 6.13. The molecule has 4 aromatic rings. The maximum absolute atomic E-state index is 13.3. The zero-order chi connectivity index (χ0) is 22.4. The third-order valence-corrected chi connectivity index (χ3v) is 5.38. The topological polar surface area (TPSA) is 106 Å². The lowest BCUT2D eigenvalue weighted by Gasteiger charge is -2.23. The zero-order valence-electron chi connectivity index (χ0n) is 17.7. The van der Waals surface area contributed by atoms with Gasteiger partial charge in [0, 0.05) is 11.3 Å². The highest BCUT2D eigenvalue weighted by atomic mass is 16.5. The molecule has 8 heteroatoms. The smallest absolute Gasteiger partial charge is 0.265 e. The zero-order valence-corrected chi connectivity index (χ0v) is 17.7. The van der Waals surface area contributed by atoms with Gasteiger partial charge in [0.05, 0.1) is 28.0 Å². The molecule has 0 saturated heterocycles. The summed E-state index contributed by atoms with van der Waals surface area (Å²) in [5.41, 5.74) is 4.90. The molecular formula is C24H20N4O4. The summed E-state index contributed by atoms with van der Waals surface area (Å²) in [6, 6.07) is 14.7. The molecule has 0 radical (unpaired) electrons. The monoisotopic (exact) mass is 428 g/mol. The van der Waals surface area contributed by atoms with Crippen LogP contribution >= 0.6 is 0 Å². The predicted molar refractivity (Wildman–Crippen MR) is 120 cm³/mol. The average Bonchev–Trinajstić information content (AvgIpc) is 3.15. The van der Waals surface area contributed by atoms with Gasteiger partial charge < -0.3 is 19.9 Å². The normalized spacial score (nSPS) is 15.1. The predicted octanol–water partition coefficient (Wildman–Crippen LogP) is 4.48. The Morgan fingerprint density at radius 2 is 1.88 bits per heavy atom. The second-order valence-electron chi connectivity index (χ2n) is 7.78. The summed E-state index contributed by atoms with van der Waals surface area (Å²) in [6.07, 6.45) is -0.565. The standard InChI is InChI=1S/C24H20N4O4/c1-12-4-6-15(7-5-12)18-11-17(21-13(2)28-32-24(21)27-18)23(30)25-16-8-9-20-19(10-16)26-22(29)14(3)31-20/h4-11,14H,1-3H3,(H,25,30)(H,26,29). The molecule has 2 aromatic carbocycles. The molecule has 0 spiro atoms. The Morgan fingerprint density at radius 1 is 1.09 bits per heavy atom. The van der Waals surface area contributed by atoms with E-state index in [1.165, 1.54) is 0 Å². The number of ether oxygens (including phenoxy) is 1. The van der Waals surface area contributed by atoms with E-state index in [-0.39, 0.29) is 11.8 Å². The summed E-state index contributed by atoms with van der Waals surface area (Å²) in [4.78, 5) is 29.7. The Morgan fingerprint density at radius 3 is 2.66 bits per heavy atom. The average molecular weight is 428 g/mol. The van der Waals surface area contributed by atoms with Gasteiger partial charge in [-0.1, -0.05) is 35.0 Å². The Hall–Kier alpha value is -4.20. The maximum atomic E-state index is 13.3. The molecule has 2 N–H and O–H groups in total. The van der Waals surface area contributed by atoms with Crippen LogP contribution in [0.2, 0.25) is 0 Å². The van der Waals surface area contributed by atoms with Gasteiger partial charge in [-0.05, 0) is 45.0 Å². The Bertz CT molecular complexity index is 1380. The number of rotatable bonds is 3. The third kappa shape index (κ3) is 3.45. The first-order valence-corrected chi connectivity index (χ1v) is 10.2. The number of fused-ring (bicyclic) bond motifs is 2. The van der Waals surface area contributed by atoms with Gasteiger partial charge in [-0.2, -0.15) is 0 Å². The summed E-state index contributed by atoms with van der Waals surface area (Å²) in [5.74, 6) is -0.0222. The lowest BCUT2D eigenvalue weighted by atomic mass is 10.0. The van der Waals surface area contributed by atoms with E-state index in [9.17, 15) is 9.59 Å². The van der Waals surface area contributed by atoms with Gasteiger partial charge >= 0.3 is 0 Å². The van der Waals surface area contributed by atoms with E-state index in [1.807, 2.05) is 31.2 Å². The molecule has 0 aliphatic carbocycles. The second kappa shape index (κ2) is 7.49. The number of hydrogen-bond acceptors (Lipinski definition) is 6. The molecule has 0 bridgehead atoms. The summed E-state index contributed by atoms with van der Waals surface area (Å²) in [7, 11) is 0. The van der Waals surface area contributed by atoms with Crippen LogP contribution in [0.4, 0.5) is 11.4 Å². The number of carbonyl (C=O) groups excluding carboxylic acids is 2. The number of anilines is 2. The number of carbonyl (C=O) groups is 2. The fourth-order valence-electron chi connectivity index (χ4n) is 3.63. The molecule has 3 heterocycles. The molecule has 2 aromatic heterocycles. The van der Waals surface area contributed by atoms with Crippen molar-refractivity contribution in [3.8, 4) is 17.0 Å². The summed E-state index contributed by atoms with van der Waals surface area (Å²) >= 11 is 0. The Labute approximate surface area is 183 Å². The number of nitrogens with zero attached hydrogens (tertiary/aromatic N) is 2. The second-order valence-corrected chi connectivity index (χ2v) is 7.78. The van der Waals surface area contributed by atoms with E-state index < -0.39 is 6.10 Å². The van der Waals surface area contributed by atoms with Crippen LogP contribution in [0.3, 0.4) is 0 Å². The summed E-state index contributed by atoms with van der Waals surface area (Å²) < 4.78 is 10.9. The molecule has 1 atom stereocenters. The van der Waals surface area contributed by atoms with Gasteiger partial charge in [-0.3, -0.25) is 9.59 Å². The molecule has 160 valence electrons. The van der Waals surface area contributed by atoms with Crippen molar-refractivity contribution >= 4 is 34.3 Å². The van der Waals surface area contributed by atoms with Crippen LogP contribution < -0.4 is 15.4 Å². The molecule has 0 fully saturated rings. The first-order valence-electron chi connectivity index (χ1n) is 10.2. The summed E-state index contributed by atoms with van der Waals surface area (Å²) in [5, 5.41) is 10.2. The number of amides is 2. The van der Waals surface area contributed by atoms with Crippen molar-refractivity contribution in [2.75, 3.05) is 10.6 Å². The molecule has 1 aliphatic heterocycles. The molecule has 5 rings (SSSR count). The van der Waals surface area contributed by atoms with Crippen LogP contribution in [0.15, 0.2) is 53.1 Å². The third-order valence-electron chi connectivity index (χ3n) is 5.38. The van der Waals surface area contributed by atoms with E-state index in [0.29, 0.717) is 45.2 Å². The van der Waals surface area contributed by atoms with Crippen LogP contribution in [-0.4, -0.2) is 28.1 Å². The fraction of sp³-hybridized carbons (Fsp3) is 0.167. The molecule has 2 amide bonds. The van der Waals surface area contributed by atoms with Crippen molar-refractivity contribution in [3.05, 3.63) is 65.4 Å². The number of aryl methyl sites for hydroxylation is 2. The van der Waals surface area contributed by atoms with Crippen LogP contribution in [-0.2, 0) is 4.79 Å². The summed E-state index contributed by atoms with van der Waals surface area (Å²) in [6.45, 7) is 5.45. The number of pyridine rings is 1. The maximum Gasteiger partial charge on any atom is 0.265 e. The lowest BCUT2D eigenvalue weighted by Crippen LogP contribution is -2.34. The van der Waals surface area contributed by atoms with Crippen molar-refractivity contribution in [3.63, 3.8) is 0 Å². The molecular weight excluding hydrogens is 408 g/mol. The van der Waals surface area contributed by atoms with E-state index in [2.05, 4.69) is 20.8 Å². The van der Waals surface area contributed by atoms with E-state index >= 15 is 0 Å². The van der Waals surface area contributed by atoms with E-state index in [1.54, 1.807) is 38.1 Å². The fourth-order valence-corrected chi connectivity index (χ4v) is 3.63. The SMILES string of the molecule is Cc1ccc(-c2cc(C(=O)Nc3ccc4c(c3)NC(=O)C(C)O4)c3c(C)noc3n2)cc1.